The highest BCUT2D eigenvalue weighted by Gasteiger charge is 2.17. The third-order valence-electron chi connectivity index (χ3n) is 4.00. The van der Waals surface area contributed by atoms with E-state index in [-0.39, 0.29) is 0 Å². The second-order valence-corrected chi connectivity index (χ2v) is 7.24. The summed E-state index contributed by atoms with van der Waals surface area (Å²) in [5.41, 5.74) is 5.31. The Kier molecular flexibility index (Phi) is 4.59. The van der Waals surface area contributed by atoms with Crippen LogP contribution >= 0.6 is 27.3 Å². The van der Waals surface area contributed by atoms with Crippen molar-refractivity contribution in [1.29, 1.82) is 0 Å². The number of halogens is 1. The maximum atomic E-state index is 5.40. The minimum Gasteiger partial charge on any atom is -0.497 e. The lowest BCUT2D eigenvalue weighted by atomic mass is 10.1. The summed E-state index contributed by atoms with van der Waals surface area (Å²) >= 11 is 5.38. The molecule has 4 heteroatoms. The standard InChI is InChI=1S/C18H20BrNOS/c1-12-9-17(22-11-12)18-13(2)15-10-14(21-3)5-6-16(15)20(18)8-4-7-19/h5-6,9-11H,4,7-8H2,1-3H3. The molecule has 3 rings (SSSR count). The van der Waals surface area contributed by atoms with Crippen molar-refractivity contribution >= 4 is 38.2 Å². The van der Waals surface area contributed by atoms with Crippen LogP contribution < -0.4 is 4.74 Å². The number of ether oxygens (including phenoxy) is 1. The molecule has 0 unspecified atom stereocenters. The average molecular weight is 378 g/mol. The molecule has 22 heavy (non-hydrogen) atoms. The molecule has 1 aromatic carbocycles. The zero-order valence-corrected chi connectivity index (χ0v) is 15.6. The molecule has 0 aliphatic carbocycles. The van der Waals surface area contributed by atoms with E-state index in [1.54, 1.807) is 7.11 Å². The fourth-order valence-electron chi connectivity index (χ4n) is 2.95. The number of hydrogen-bond acceptors (Lipinski definition) is 2. The number of hydrogen-bond donors (Lipinski definition) is 0. The molecule has 2 aromatic heterocycles. The molecular weight excluding hydrogens is 358 g/mol. The van der Waals surface area contributed by atoms with Crippen molar-refractivity contribution in [1.82, 2.24) is 4.57 Å². The van der Waals surface area contributed by atoms with Crippen molar-refractivity contribution in [2.45, 2.75) is 26.8 Å². The van der Waals surface area contributed by atoms with E-state index >= 15 is 0 Å². The van der Waals surface area contributed by atoms with Crippen LogP contribution in [0.1, 0.15) is 17.5 Å². The fourth-order valence-corrected chi connectivity index (χ4v) is 4.21. The van der Waals surface area contributed by atoms with Crippen molar-refractivity contribution in [2.75, 3.05) is 12.4 Å². The molecule has 0 N–H and O–H groups in total. The summed E-state index contributed by atoms with van der Waals surface area (Å²) < 4.78 is 7.86. The molecular formula is C18H20BrNOS. The zero-order valence-electron chi connectivity index (χ0n) is 13.1. The quantitative estimate of drug-likeness (QED) is 0.514. The van der Waals surface area contributed by atoms with Crippen LogP contribution in [-0.4, -0.2) is 17.0 Å². The van der Waals surface area contributed by atoms with Gasteiger partial charge in [-0.05, 0) is 61.0 Å². The highest BCUT2D eigenvalue weighted by atomic mass is 79.9. The lowest BCUT2D eigenvalue weighted by molar-refractivity contribution is 0.415. The minimum absolute atomic E-state index is 0.919. The summed E-state index contributed by atoms with van der Waals surface area (Å²) in [6.45, 7) is 5.40. The SMILES string of the molecule is COc1ccc2c(c1)c(C)c(-c1cc(C)cs1)n2CCCBr. The number of aromatic nitrogens is 1. The molecule has 116 valence electrons. The summed E-state index contributed by atoms with van der Waals surface area (Å²) in [6, 6.07) is 8.67. The molecule has 0 spiro atoms. The molecule has 0 saturated carbocycles. The fraction of sp³-hybridized carbons (Fsp3) is 0.333. The first-order valence-corrected chi connectivity index (χ1v) is 9.44. The molecule has 0 amide bonds. The zero-order chi connectivity index (χ0) is 15.7. The van der Waals surface area contributed by atoms with Crippen LogP contribution in [0, 0.1) is 13.8 Å². The summed E-state index contributed by atoms with van der Waals surface area (Å²) in [5, 5.41) is 4.53. The topological polar surface area (TPSA) is 14.2 Å². The molecule has 0 fully saturated rings. The van der Waals surface area contributed by atoms with Crippen LogP contribution in [0.25, 0.3) is 21.5 Å². The largest absolute Gasteiger partial charge is 0.497 e. The Balaban J connectivity index is 2.25. The second kappa shape index (κ2) is 6.47. The predicted molar refractivity (Wildman–Crippen MR) is 99.7 cm³/mol. The Morgan fingerprint density at radius 2 is 2.05 bits per heavy atom. The van der Waals surface area contributed by atoms with Crippen LogP contribution in [0.15, 0.2) is 29.6 Å². The highest BCUT2D eigenvalue weighted by molar-refractivity contribution is 9.09. The molecule has 0 bridgehead atoms. The maximum absolute atomic E-state index is 5.40. The molecule has 0 aliphatic rings. The molecule has 2 heterocycles. The number of alkyl halides is 1. The predicted octanol–water partition coefficient (Wildman–Crippen LogP) is 5.78. The van der Waals surface area contributed by atoms with Gasteiger partial charge < -0.3 is 9.30 Å². The monoisotopic (exact) mass is 377 g/mol. The minimum atomic E-state index is 0.919. The molecule has 0 radical (unpaired) electrons. The van der Waals surface area contributed by atoms with E-state index in [9.17, 15) is 0 Å². The van der Waals surface area contributed by atoms with Crippen molar-refractivity contribution < 1.29 is 4.74 Å². The first-order chi connectivity index (χ1) is 10.7. The Labute approximate surface area is 143 Å². The van der Waals surface area contributed by atoms with Crippen molar-refractivity contribution in [3.8, 4) is 16.3 Å². The summed E-state index contributed by atoms with van der Waals surface area (Å²) in [7, 11) is 1.72. The van der Waals surface area contributed by atoms with E-state index in [2.05, 4.69) is 64.0 Å². The normalized spacial score (nSPS) is 11.3. The summed E-state index contributed by atoms with van der Waals surface area (Å²) in [6.07, 6.45) is 1.12. The van der Waals surface area contributed by atoms with Crippen LogP contribution in [-0.2, 0) is 6.54 Å². The molecule has 0 aliphatic heterocycles. The van der Waals surface area contributed by atoms with Crippen molar-refractivity contribution in [3.63, 3.8) is 0 Å². The first-order valence-electron chi connectivity index (χ1n) is 7.44. The highest BCUT2D eigenvalue weighted by Crippen LogP contribution is 2.38. The van der Waals surface area contributed by atoms with E-state index < -0.39 is 0 Å². The second-order valence-electron chi connectivity index (χ2n) is 5.54. The molecule has 2 nitrogen and oxygen atoms in total. The smallest absolute Gasteiger partial charge is 0.119 e. The maximum Gasteiger partial charge on any atom is 0.119 e. The van der Waals surface area contributed by atoms with Gasteiger partial charge in [0.2, 0.25) is 0 Å². The van der Waals surface area contributed by atoms with Gasteiger partial charge in [-0.3, -0.25) is 0 Å². The molecule has 3 aromatic rings. The Bertz CT molecular complexity index is 803. The number of benzene rings is 1. The van der Waals surface area contributed by atoms with Crippen LogP contribution in [0.5, 0.6) is 5.75 Å². The van der Waals surface area contributed by atoms with E-state index in [0.717, 1.165) is 24.0 Å². The van der Waals surface area contributed by atoms with Gasteiger partial charge in [0.15, 0.2) is 0 Å². The van der Waals surface area contributed by atoms with Crippen LogP contribution in [0.3, 0.4) is 0 Å². The van der Waals surface area contributed by atoms with E-state index in [0.29, 0.717) is 0 Å². The molecule has 0 atom stereocenters. The third kappa shape index (κ3) is 2.70. The number of nitrogens with zero attached hydrogens (tertiary/aromatic N) is 1. The van der Waals surface area contributed by atoms with Gasteiger partial charge in [-0.25, -0.2) is 0 Å². The van der Waals surface area contributed by atoms with Crippen LogP contribution in [0.2, 0.25) is 0 Å². The van der Waals surface area contributed by atoms with E-state index in [4.69, 9.17) is 4.74 Å². The van der Waals surface area contributed by atoms with Crippen molar-refractivity contribution in [3.05, 3.63) is 40.8 Å². The summed E-state index contributed by atoms with van der Waals surface area (Å²) in [5.74, 6) is 0.919. The van der Waals surface area contributed by atoms with Crippen molar-refractivity contribution in [2.24, 2.45) is 0 Å². The Hall–Kier alpha value is -1.26. The average Bonchev–Trinajstić information content (AvgIpc) is 3.06. The number of thiophene rings is 1. The number of fused-ring (bicyclic) bond motifs is 1. The van der Waals surface area contributed by atoms with Gasteiger partial charge in [-0.1, -0.05) is 15.9 Å². The van der Waals surface area contributed by atoms with Gasteiger partial charge in [0.05, 0.1) is 17.7 Å². The van der Waals surface area contributed by atoms with Gasteiger partial charge in [0.25, 0.3) is 0 Å². The summed E-state index contributed by atoms with van der Waals surface area (Å²) in [4.78, 5) is 1.35. The Morgan fingerprint density at radius 3 is 2.68 bits per heavy atom. The molecule has 0 saturated heterocycles. The van der Waals surface area contributed by atoms with E-state index in [1.165, 1.54) is 32.6 Å². The van der Waals surface area contributed by atoms with Gasteiger partial charge in [0.1, 0.15) is 5.75 Å². The third-order valence-corrected chi connectivity index (χ3v) is 5.62. The first kappa shape index (κ1) is 15.6. The van der Waals surface area contributed by atoms with Gasteiger partial charge in [-0.15, -0.1) is 11.3 Å². The number of methoxy groups -OCH3 is 1. The van der Waals surface area contributed by atoms with Crippen LogP contribution in [0.4, 0.5) is 0 Å². The van der Waals surface area contributed by atoms with Gasteiger partial charge in [-0.2, -0.15) is 0 Å². The van der Waals surface area contributed by atoms with E-state index in [1.807, 2.05) is 11.3 Å². The Morgan fingerprint density at radius 1 is 1.23 bits per heavy atom. The van der Waals surface area contributed by atoms with Gasteiger partial charge >= 0.3 is 0 Å². The number of aryl methyl sites for hydroxylation is 3. The number of rotatable bonds is 5. The lowest BCUT2D eigenvalue weighted by Crippen LogP contribution is -2.00. The van der Waals surface area contributed by atoms with Gasteiger partial charge in [0, 0.05) is 22.8 Å². The lowest BCUT2D eigenvalue weighted by Gasteiger charge is -2.09.